The van der Waals surface area contributed by atoms with Gasteiger partial charge in [0.05, 0.1) is 18.2 Å². The maximum atomic E-state index is 12.5. The van der Waals surface area contributed by atoms with E-state index >= 15 is 0 Å². The molecule has 0 aliphatic carbocycles. The average Bonchev–Trinajstić information content (AvgIpc) is 3.00. The normalized spacial score (nSPS) is 11.8. The Bertz CT molecular complexity index is 928. The molecule has 7 heteroatoms. The summed E-state index contributed by atoms with van der Waals surface area (Å²) in [7, 11) is 0. The van der Waals surface area contributed by atoms with Gasteiger partial charge >= 0.3 is 11.9 Å². The highest BCUT2D eigenvalue weighted by Crippen LogP contribution is 2.20. The number of hydrogen-bond donors (Lipinski definition) is 2. The van der Waals surface area contributed by atoms with Gasteiger partial charge in [0, 0.05) is 5.69 Å². The van der Waals surface area contributed by atoms with E-state index in [1.165, 1.54) is 5.56 Å². The Labute approximate surface area is 183 Å². The van der Waals surface area contributed by atoms with Crippen molar-refractivity contribution in [2.24, 2.45) is 5.92 Å². The fourth-order valence-electron chi connectivity index (χ4n) is 3.45. The summed E-state index contributed by atoms with van der Waals surface area (Å²) in [5, 5.41) is 2.83. The zero-order valence-electron chi connectivity index (χ0n) is 19.1. The van der Waals surface area contributed by atoms with E-state index in [0.717, 1.165) is 12.0 Å². The van der Waals surface area contributed by atoms with Gasteiger partial charge in [-0.05, 0) is 56.7 Å². The van der Waals surface area contributed by atoms with E-state index < -0.39 is 24.5 Å². The third kappa shape index (κ3) is 6.44. The number of ether oxygens (including phenoxy) is 2. The third-order valence-corrected chi connectivity index (χ3v) is 4.96. The second kappa shape index (κ2) is 10.8. The van der Waals surface area contributed by atoms with Gasteiger partial charge in [-0.2, -0.15) is 0 Å². The van der Waals surface area contributed by atoms with Crippen LogP contribution in [0.25, 0.3) is 0 Å². The van der Waals surface area contributed by atoms with Gasteiger partial charge in [0.15, 0.2) is 6.61 Å². The Morgan fingerprint density at radius 3 is 2.23 bits per heavy atom. The van der Waals surface area contributed by atoms with Crippen molar-refractivity contribution in [2.75, 3.05) is 13.2 Å². The standard InChI is InChI=1S/C24H32N2O5/c1-7-30-24(29)22-15(4)21(17(6)26-22)23(28)31-13-20(27)25-16(5)19-10-8-18(9-11-19)12-14(2)3/h8-11,14,16,26H,7,12-13H2,1-6H3,(H,25,27)/t16-/m0/s1. The van der Waals surface area contributed by atoms with Crippen LogP contribution >= 0.6 is 0 Å². The molecule has 0 bridgehead atoms. The number of amides is 1. The predicted octanol–water partition coefficient (Wildman–Crippen LogP) is 4.04. The number of aryl methyl sites for hydroxylation is 1. The number of esters is 2. The predicted molar refractivity (Wildman–Crippen MR) is 118 cm³/mol. The minimum atomic E-state index is -0.664. The van der Waals surface area contributed by atoms with E-state index in [1.54, 1.807) is 20.8 Å². The summed E-state index contributed by atoms with van der Waals surface area (Å²) in [6.07, 6.45) is 1.01. The average molecular weight is 429 g/mol. The summed E-state index contributed by atoms with van der Waals surface area (Å²) in [5.41, 5.74) is 3.61. The summed E-state index contributed by atoms with van der Waals surface area (Å²) in [6, 6.07) is 7.91. The van der Waals surface area contributed by atoms with Crippen LogP contribution in [0.3, 0.4) is 0 Å². The smallest absolute Gasteiger partial charge is 0.355 e. The maximum absolute atomic E-state index is 12.5. The molecule has 1 aromatic carbocycles. The topological polar surface area (TPSA) is 97.5 Å². The van der Waals surface area contributed by atoms with E-state index in [2.05, 4.69) is 36.3 Å². The Morgan fingerprint density at radius 2 is 1.65 bits per heavy atom. The fourth-order valence-corrected chi connectivity index (χ4v) is 3.45. The lowest BCUT2D eigenvalue weighted by atomic mass is 10.00. The molecule has 1 atom stereocenters. The van der Waals surface area contributed by atoms with Crippen molar-refractivity contribution in [1.29, 1.82) is 0 Å². The number of carbonyl (C=O) groups excluding carboxylic acids is 3. The van der Waals surface area contributed by atoms with Crippen molar-refractivity contribution >= 4 is 17.8 Å². The summed E-state index contributed by atoms with van der Waals surface area (Å²) in [5.74, 6) is -1.02. The van der Waals surface area contributed by atoms with Gasteiger partial charge in [0.25, 0.3) is 5.91 Å². The molecule has 0 radical (unpaired) electrons. The second-order valence-electron chi connectivity index (χ2n) is 8.05. The van der Waals surface area contributed by atoms with Crippen molar-refractivity contribution in [3.8, 4) is 0 Å². The monoisotopic (exact) mass is 428 g/mol. The molecule has 0 saturated heterocycles. The Kier molecular flexibility index (Phi) is 8.42. The van der Waals surface area contributed by atoms with Gasteiger partial charge in [-0.25, -0.2) is 9.59 Å². The molecule has 31 heavy (non-hydrogen) atoms. The van der Waals surface area contributed by atoms with Crippen LogP contribution in [-0.4, -0.2) is 36.0 Å². The molecule has 1 aromatic heterocycles. The number of aromatic nitrogens is 1. The second-order valence-corrected chi connectivity index (χ2v) is 8.05. The van der Waals surface area contributed by atoms with Crippen molar-refractivity contribution in [3.63, 3.8) is 0 Å². The van der Waals surface area contributed by atoms with E-state index in [1.807, 2.05) is 19.1 Å². The van der Waals surface area contributed by atoms with Crippen LogP contribution in [0, 0.1) is 19.8 Å². The van der Waals surface area contributed by atoms with Crippen LogP contribution in [0.15, 0.2) is 24.3 Å². The van der Waals surface area contributed by atoms with Crippen LogP contribution in [0.2, 0.25) is 0 Å². The summed E-state index contributed by atoms with van der Waals surface area (Å²) >= 11 is 0. The molecule has 168 valence electrons. The van der Waals surface area contributed by atoms with Gasteiger partial charge < -0.3 is 19.8 Å². The highest BCUT2D eigenvalue weighted by atomic mass is 16.5. The molecule has 0 aliphatic heterocycles. The summed E-state index contributed by atoms with van der Waals surface area (Å²) in [4.78, 5) is 39.6. The first-order chi connectivity index (χ1) is 14.6. The van der Waals surface area contributed by atoms with Crippen molar-refractivity contribution in [3.05, 3.63) is 57.9 Å². The van der Waals surface area contributed by atoms with Crippen LogP contribution in [0.5, 0.6) is 0 Å². The Hall–Kier alpha value is -3.09. The third-order valence-electron chi connectivity index (χ3n) is 4.96. The van der Waals surface area contributed by atoms with E-state index in [0.29, 0.717) is 17.2 Å². The molecule has 0 fully saturated rings. The highest BCUT2D eigenvalue weighted by Gasteiger charge is 2.24. The number of aromatic amines is 1. The summed E-state index contributed by atoms with van der Waals surface area (Å²) in [6.45, 7) is 11.1. The van der Waals surface area contributed by atoms with Crippen LogP contribution in [0.1, 0.15) is 77.0 Å². The molecule has 0 saturated carbocycles. The van der Waals surface area contributed by atoms with Crippen molar-refractivity contribution in [2.45, 2.75) is 54.0 Å². The zero-order chi connectivity index (χ0) is 23.1. The number of benzene rings is 1. The van der Waals surface area contributed by atoms with E-state index in [9.17, 15) is 14.4 Å². The lowest BCUT2D eigenvalue weighted by molar-refractivity contribution is -0.124. The fraction of sp³-hybridized carbons (Fsp3) is 0.458. The number of rotatable bonds is 9. The van der Waals surface area contributed by atoms with E-state index in [-0.39, 0.29) is 23.9 Å². The lowest BCUT2D eigenvalue weighted by Gasteiger charge is -2.15. The molecular formula is C24H32N2O5. The molecule has 1 heterocycles. The molecule has 2 aromatic rings. The minimum Gasteiger partial charge on any atom is -0.461 e. The largest absolute Gasteiger partial charge is 0.461 e. The number of hydrogen-bond acceptors (Lipinski definition) is 5. The van der Waals surface area contributed by atoms with Gasteiger partial charge in [0.1, 0.15) is 5.69 Å². The molecule has 0 unspecified atom stereocenters. The molecule has 1 amide bonds. The van der Waals surface area contributed by atoms with E-state index in [4.69, 9.17) is 9.47 Å². The Morgan fingerprint density at radius 1 is 1.00 bits per heavy atom. The first-order valence-corrected chi connectivity index (χ1v) is 10.6. The van der Waals surface area contributed by atoms with Crippen LogP contribution in [-0.2, 0) is 20.7 Å². The van der Waals surface area contributed by atoms with Crippen LogP contribution < -0.4 is 5.32 Å². The molecule has 0 aliphatic rings. The van der Waals surface area contributed by atoms with Gasteiger partial charge in [-0.15, -0.1) is 0 Å². The quantitative estimate of drug-likeness (QED) is 0.588. The van der Waals surface area contributed by atoms with Crippen molar-refractivity contribution in [1.82, 2.24) is 10.3 Å². The maximum Gasteiger partial charge on any atom is 0.355 e. The first kappa shape index (κ1) is 24.2. The number of nitrogens with one attached hydrogen (secondary N) is 2. The molecular weight excluding hydrogens is 396 g/mol. The molecule has 0 spiro atoms. The number of carbonyl (C=O) groups is 3. The number of H-pyrrole nitrogens is 1. The first-order valence-electron chi connectivity index (χ1n) is 10.6. The van der Waals surface area contributed by atoms with Crippen molar-refractivity contribution < 1.29 is 23.9 Å². The SMILES string of the molecule is CCOC(=O)c1[nH]c(C)c(C(=O)OCC(=O)N[C@@H](C)c2ccc(CC(C)C)cc2)c1C. The summed E-state index contributed by atoms with van der Waals surface area (Å²) < 4.78 is 10.2. The molecule has 2 N–H and O–H groups in total. The zero-order valence-corrected chi connectivity index (χ0v) is 19.1. The van der Waals surface area contributed by atoms with Gasteiger partial charge in [0.2, 0.25) is 0 Å². The molecule has 7 nitrogen and oxygen atoms in total. The molecule has 2 rings (SSSR count). The highest BCUT2D eigenvalue weighted by molar-refractivity contribution is 5.99. The van der Waals surface area contributed by atoms with Crippen LogP contribution in [0.4, 0.5) is 0 Å². The lowest BCUT2D eigenvalue weighted by Crippen LogP contribution is -2.31. The Balaban J connectivity index is 1.94. The van der Waals surface area contributed by atoms with Gasteiger partial charge in [-0.3, -0.25) is 4.79 Å². The minimum absolute atomic E-state index is 0.213. The van der Waals surface area contributed by atoms with Gasteiger partial charge in [-0.1, -0.05) is 38.1 Å².